The first-order chi connectivity index (χ1) is 14.4. The number of carbonyl (C=O) groups excluding carboxylic acids is 1. The number of thiazole rings is 1. The fraction of sp³-hybridized carbons (Fsp3) is 0.0476. The van der Waals surface area contributed by atoms with Crippen molar-refractivity contribution in [1.29, 1.82) is 0 Å². The molecule has 1 heterocycles. The van der Waals surface area contributed by atoms with Crippen LogP contribution in [-0.2, 0) is 6.61 Å². The van der Waals surface area contributed by atoms with Crippen LogP contribution in [-0.4, -0.2) is 11.1 Å². The van der Waals surface area contributed by atoms with Crippen molar-refractivity contribution in [3.05, 3.63) is 76.0 Å². The molecule has 0 aliphatic carbocycles. The summed E-state index contributed by atoms with van der Waals surface area (Å²) in [5.41, 5.74) is 6.72. The Balaban J connectivity index is 1.66. The molecule has 9 heteroatoms. The molecule has 0 atom stereocenters. The number of rotatable bonds is 5. The van der Waals surface area contributed by atoms with E-state index in [0.717, 1.165) is 0 Å². The van der Waals surface area contributed by atoms with E-state index in [0.29, 0.717) is 36.4 Å². The van der Waals surface area contributed by atoms with Gasteiger partial charge in [0.2, 0.25) is 0 Å². The third kappa shape index (κ3) is 4.18. The number of nitrogens with two attached hydrogens (primary N) is 1. The van der Waals surface area contributed by atoms with E-state index in [-0.39, 0.29) is 18.1 Å². The number of fused-ring (bicyclic) bond motifs is 1. The van der Waals surface area contributed by atoms with E-state index < -0.39 is 11.9 Å². The molecule has 3 aromatic carbocycles. The Morgan fingerprint density at radius 3 is 2.53 bits per heavy atom. The van der Waals surface area contributed by atoms with Gasteiger partial charge in [0.1, 0.15) is 17.4 Å². The summed E-state index contributed by atoms with van der Waals surface area (Å²) in [6.45, 7) is 0.0158. The molecule has 1 aromatic heterocycles. The summed E-state index contributed by atoms with van der Waals surface area (Å²) in [6, 6.07) is 14.8. The van der Waals surface area contributed by atoms with E-state index in [1.165, 1.54) is 17.4 Å². The second kappa shape index (κ2) is 8.47. The van der Waals surface area contributed by atoms with Crippen LogP contribution in [0.5, 0.6) is 11.5 Å². The highest BCUT2D eigenvalue weighted by molar-refractivity contribution is 7.21. The van der Waals surface area contributed by atoms with E-state index in [9.17, 15) is 9.18 Å². The number of primary amides is 1. The molecule has 1 amide bonds. The maximum Gasteiger partial charge on any atom is 0.409 e. The Bertz CT molecular complexity index is 1240. The minimum Gasteiger partial charge on any atom is -0.486 e. The van der Waals surface area contributed by atoms with Crippen LogP contribution < -0.4 is 15.2 Å². The fourth-order valence-corrected chi connectivity index (χ4v) is 4.33. The van der Waals surface area contributed by atoms with Gasteiger partial charge in [0.05, 0.1) is 15.8 Å². The topological polar surface area (TPSA) is 74.4 Å². The number of aromatic nitrogens is 1. The normalized spacial score (nSPS) is 10.9. The molecule has 5 nitrogen and oxygen atoms in total. The Morgan fingerprint density at radius 2 is 1.80 bits per heavy atom. The van der Waals surface area contributed by atoms with Gasteiger partial charge >= 0.3 is 6.09 Å². The van der Waals surface area contributed by atoms with Crippen LogP contribution in [0.1, 0.15) is 5.56 Å². The summed E-state index contributed by atoms with van der Waals surface area (Å²) in [5.74, 6) is -0.242. The molecule has 4 rings (SSSR count). The molecule has 0 radical (unpaired) electrons. The lowest BCUT2D eigenvalue weighted by atomic mass is 10.2. The maximum absolute atomic E-state index is 14.6. The number of para-hydroxylation sites is 1. The molecule has 0 fully saturated rings. The maximum atomic E-state index is 14.6. The Morgan fingerprint density at radius 1 is 1.07 bits per heavy atom. The van der Waals surface area contributed by atoms with Gasteiger partial charge in [0, 0.05) is 27.7 Å². The minimum absolute atomic E-state index is 0.0158. The highest BCUT2D eigenvalue weighted by Gasteiger charge is 2.16. The van der Waals surface area contributed by atoms with Crippen molar-refractivity contribution in [2.45, 2.75) is 6.61 Å². The van der Waals surface area contributed by atoms with Crippen molar-refractivity contribution in [1.82, 2.24) is 4.98 Å². The molecule has 0 aliphatic heterocycles. The Kier molecular flexibility index (Phi) is 5.76. The van der Waals surface area contributed by atoms with Crippen molar-refractivity contribution in [3.63, 3.8) is 0 Å². The quantitative estimate of drug-likeness (QED) is 0.369. The number of hydrogen-bond donors (Lipinski definition) is 1. The Labute approximate surface area is 184 Å². The van der Waals surface area contributed by atoms with Gasteiger partial charge in [-0.05, 0) is 24.3 Å². The van der Waals surface area contributed by atoms with Crippen molar-refractivity contribution < 1.29 is 18.7 Å². The van der Waals surface area contributed by atoms with Crippen molar-refractivity contribution in [2.75, 3.05) is 0 Å². The predicted octanol–water partition coefficient (Wildman–Crippen LogP) is 6.45. The molecule has 30 heavy (non-hydrogen) atoms. The second-order valence-electron chi connectivity index (χ2n) is 6.18. The van der Waals surface area contributed by atoms with Gasteiger partial charge in [-0.3, -0.25) is 0 Å². The summed E-state index contributed by atoms with van der Waals surface area (Å²) in [6.07, 6.45) is -0.927. The standard InChI is InChI=1S/C21H13Cl2FN2O3S/c22-13-5-3-6-14(23)12(13)10-28-18-9-19-16(8-15(18)24)26-20(30-19)11-4-1-2-7-17(11)29-21(25)27/h1-9H,10H2,(H2,25,27). The first kappa shape index (κ1) is 20.4. The van der Waals surface area contributed by atoms with Crippen LogP contribution in [0.15, 0.2) is 54.6 Å². The molecule has 0 saturated carbocycles. The number of amides is 1. The fourth-order valence-electron chi connectivity index (χ4n) is 2.82. The van der Waals surface area contributed by atoms with E-state index in [2.05, 4.69) is 4.98 Å². The molecule has 152 valence electrons. The van der Waals surface area contributed by atoms with Gasteiger partial charge in [-0.25, -0.2) is 14.2 Å². The van der Waals surface area contributed by atoms with E-state index in [1.807, 2.05) is 0 Å². The zero-order chi connectivity index (χ0) is 21.3. The number of hydrogen-bond acceptors (Lipinski definition) is 5. The van der Waals surface area contributed by atoms with Crippen molar-refractivity contribution >= 4 is 50.8 Å². The molecule has 0 bridgehead atoms. The minimum atomic E-state index is -0.927. The van der Waals surface area contributed by atoms with Gasteiger partial charge in [0.25, 0.3) is 0 Å². The molecule has 2 N–H and O–H groups in total. The zero-order valence-corrected chi connectivity index (χ0v) is 17.5. The number of ether oxygens (including phenoxy) is 2. The molecule has 0 spiro atoms. The number of halogens is 3. The number of benzene rings is 3. The first-order valence-electron chi connectivity index (χ1n) is 8.65. The summed E-state index contributed by atoms with van der Waals surface area (Å²) < 4.78 is 25.9. The monoisotopic (exact) mass is 462 g/mol. The van der Waals surface area contributed by atoms with Gasteiger partial charge in [-0.15, -0.1) is 11.3 Å². The molecule has 0 saturated heterocycles. The summed E-state index contributed by atoms with van der Waals surface area (Å²) in [7, 11) is 0. The van der Waals surface area contributed by atoms with Crippen molar-refractivity contribution in [3.8, 4) is 22.1 Å². The average molecular weight is 463 g/mol. The highest BCUT2D eigenvalue weighted by Crippen LogP contribution is 2.38. The van der Waals surface area contributed by atoms with Gasteiger partial charge in [-0.2, -0.15) is 0 Å². The van der Waals surface area contributed by atoms with E-state index in [4.69, 9.17) is 38.4 Å². The van der Waals surface area contributed by atoms with Crippen LogP contribution in [0.4, 0.5) is 9.18 Å². The zero-order valence-electron chi connectivity index (χ0n) is 15.2. The summed E-state index contributed by atoms with van der Waals surface area (Å²) >= 11 is 13.6. The SMILES string of the molecule is NC(=O)Oc1ccccc1-c1nc2cc(F)c(OCc3c(Cl)cccc3Cl)cc2s1. The lowest BCUT2D eigenvalue weighted by Crippen LogP contribution is -2.16. The third-order valence-electron chi connectivity index (χ3n) is 4.20. The smallest absolute Gasteiger partial charge is 0.409 e. The third-order valence-corrected chi connectivity index (χ3v) is 5.96. The molecule has 0 unspecified atom stereocenters. The summed E-state index contributed by atoms with van der Waals surface area (Å²) in [5, 5.41) is 1.43. The first-order valence-corrected chi connectivity index (χ1v) is 10.2. The van der Waals surface area contributed by atoms with Gasteiger partial charge in [-0.1, -0.05) is 41.4 Å². The molecular formula is C21H13Cl2FN2O3S. The lowest BCUT2D eigenvalue weighted by Gasteiger charge is -2.10. The lowest BCUT2D eigenvalue weighted by molar-refractivity contribution is 0.211. The predicted molar refractivity (Wildman–Crippen MR) is 116 cm³/mol. The van der Waals surface area contributed by atoms with Crippen LogP contribution >= 0.6 is 34.5 Å². The largest absolute Gasteiger partial charge is 0.486 e. The van der Waals surface area contributed by atoms with Crippen LogP contribution in [0, 0.1) is 5.82 Å². The molecular weight excluding hydrogens is 450 g/mol. The number of nitrogens with zero attached hydrogens (tertiary/aromatic N) is 1. The van der Waals surface area contributed by atoms with E-state index in [1.54, 1.807) is 48.5 Å². The molecule has 0 aliphatic rings. The highest BCUT2D eigenvalue weighted by atomic mass is 35.5. The Hall–Kier alpha value is -2.87. The van der Waals surface area contributed by atoms with Gasteiger partial charge < -0.3 is 15.2 Å². The average Bonchev–Trinajstić information content (AvgIpc) is 3.10. The van der Waals surface area contributed by atoms with Gasteiger partial charge in [0.15, 0.2) is 11.6 Å². The van der Waals surface area contributed by atoms with Crippen LogP contribution in [0.2, 0.25) is 10.0 Å². The molecule has 4 aromatic rings. The van der Waals surface area contributed by atoms with Crippen LogP contribution in [0.25, 0.3) is 20.8 Å². The second-order valence-corrected chi connectivity index (χ2v) is 8.02. The number of carbonyl (C=O) groups is 1. The van der Waals surface area contributed by atoms with Crippen LogP contribution in [0.3, 0.4) is 0 Å². The van der Waals surface area contributed by atoms with E-state index >= 15 is 0 Å². The van der Waals surface area contributed by atoms with Crippen molar-refractivity contribution in [2.24, 2.45) is 5.73 Å². The summed E-state index contributed by atoms with van der Waals surface area (Å²) in [4.78, 5) is 15.6.